The fourth-order valence-electron chi connectivity index (χ4n) is 2.83. The molecule has 1 atom stereocenters. The van der Waals surface area contributed by atoms with E-state index in [1.165, 1.54) is 0 Å². The summed E-state index contributed by atoms with van der Waals surface area (Å²) in [6, 6.07) is 14.1. The zero-order chi connectivity index (χ0) is 18.9. The van der Waals surface area contributed by atoms with Crippen LogP contribution in [0, 0.1) is 6.92 Å². The summed E-state index contributed by atoms with van der Waals surface area (Å²) in [7, 11) is 0. The van der Waals surface area contributed by atoms with Crippen LogP contribution in [0.2, 0.25) is 0 Å². The Morgan fingerprint density at radius 3 is 2.46 bits per heavy atom. The van der Waals surface area contributed by atoms with Gasteiger partial charge in [0.2, 0.25) is 5.91 Å². The second-order valence-electron chi connectivity index (χ2n) is 6.11. The van der Waals surface area contributed by atoms with E-state index in [2.05, 4.69) is 16.0 Å². The first-order chi connectivity index (χ1) is 12.5. The highest BCUT2D eigenvalue weighted by Crippen LogP contribution is 2.22. The van der Waals surface area contributed by atoms with E-state index in [0.717, 1.165) is 28.9 Å². The average Bonchev–Trinajstić information content (AvgIpc) is 2.60. The first-order valence-corrected chi connectivity index (χ1v) is 8.71. The van der Waals surface area contributed by atoms with Crippen molar-refractivity contribution in [2.75, 3.05) is 11.9 Å². The lowest BCUT2D eigenvalue weighted by Gasteiger charge is -2.20. The van der Waals surface area contributed by atoms with Gasteiger partial charge in [0.25, 0.3) is 0 Å². The van der Waals surface area contributed by atoms with Crippen LogP contribution in [-0.4, -0.2) is 18.5 Å². The van der Waals surface area contributed by atoms with Gasteiger partial charge in [0, 0.05) is 12.2 Å². The quantitative estimate of drug-likeness (QED) is 0.587. The van der Waals surface area contributed by atoms with Crippen LogP contribution in [-0.2, 0) is 11.3 Å². The molecule has 2 rings (SSSR count). The summed E-state index contributed by atoms with van der Waals surface area (Å²) in [4.78, 5) is 24.0. The maximum atomic E-state index is 12.6. The Morgan fingerprint density at radius 2 is 1.77 bits per heavy atom. The summed E-state index contributed by atoms with van der Waals surface area (Å²) in [5.41, 5.74) is 8.94. The van der Waals surface area contributed by atoms with Gasteiger partial charge in [0.15, 0.2) is 0 Å². The summed E-state index contributed by atoms with van der Waals surface area (Å²) >= 11 is 0. The molecule has 0 saturated carbocycles. The highest BCUT2D eigenvalue weighted by atomic mass is 16.2. The number of urea groups is 1. The van der Waals surface area contributed by atoms with Gasteiger partial charge < -0.3 is 21.7 Å². The average molecular weight is 354 g/mol. The molecule has 0 fully saturated rings. The molecule has 26 heavy (non-hydrogen) atoms. The fraction of sp³-hybridized carbons (Fsp3) is 0.300. The zero-order valence-electron chi connectivity index (χ0n) is 15.2. The van der Waals surface area contributed by atoms with E-state index in [4.69, 9.17) is 5.73 Å². The van der Waals surface area contributed by atoms with Crippen molar-refractivity contribution in [3.63, 3.8) is 0 Å². The minimum atomic E-state index is -0.654. The normalized spacial score (nSPS) is 11.6. The minimum absolute atomic E-state index is 0.101. The molecular formula is C20H26N4O2. The first-order valence-electron chi connectivity index (χ1n) is 8.71. The molecule has 1 unspecified atom stereocenters. The number of para-hydroxylation sites is 1. The summed E-state index contributed by atoms with van der Waals surface area (Å²) in [5.74, 6) is -0.184. The topological polar surface area (TPSA) is 96.2 Å². The van der Waals surface area contributed by atoms with E-state index in [1.54, 1.807) is 0 Å². The van der Waals surface area contributed by atoms with E-state index in [-0.39, 0.29) is 12.3 Å². The van der Waals surface area contributed by atoms with Crippen LogP contribution in [0.25, 0.3) is 0 Å². The molecule has 0 radical (unpaired) electrons. The number of hydrogen-bond donors (Lipinski definition) is 4. The Balaban J connectivity index is 2.13. The number of hydrogen-bond acceptors (Lipinski definition) is 3. The lowest BCUT2D eigenvalue weighted by molar-refractivity contribution is -0.116. The van der Waals surface area contributed by atoms with Crippen molar-refractivity contribution in [3.05, 3.63) is 65.2 Å². The van der Waals surface area contributed by atoms with E-state index in [0.29, 0.717) is 6.54 Å². The first kappa shape index (κ1) is 19.5. The molecule has 2 aromatic rings. The van der Waals surface area contributed by atoms with Gasteiger partial charge in [-0.15, -0.1) is 0 Å². The number of nitrogens with two attached hydrogens (primary N) is 1. The number of anilines is 1. The van der Waals surface area contributed by atoms with Crippen LogP contribution in [0.5, 0.6) is 0 Å². The molecule has 2 aromatic carbocycles. The van der Waals surface area contributed by atoms with E-state index >= 15 is 0 Å². The number of benzene rings is 2. The number of aryl methyl sites for hydroxylation is 1. The maximum Gasteiger partial charge on any atom is 0.312 e. The van der Waals surface area contributed by atoms with E-state index in [9.17, 15) is 9.59 Å². The van der Waals surface area contributed by atoms with Crippen LogP contribution in [0.15, 0.2) is 48.5 Å². The molecule has 0 aliphatic heterocycles. The van der Waals surface area contributed by atoms with Crippen molar-refractivity contribution >= 4 is 17.6 Å². The Labute approximate surface area is 154 Å². The molecule has 3 amide bonds. The Bertz CT molecular complexity index is 761. The second-order valence-corrected chi connectivity index (χ2v) is 6.11. The largest absolute Gasteiger partial charge is 0.352 e. The van der Waals surface area contributed by atoms with Gasteiger partial charge >= 0.3 is 6.03 Å². The number of rotatable bonds is 8. The van der Waals surface area contributed by atoms with Gasteiger partial charge in [-0.3, -0.25) is 4.79 Å². The highest BCUT2D eigenvalue weighted by molar-refractivity contribution is 5.92. The van der Waals surface area contributed by atoms with E-state index < -0.39 is 12.1 Å². The van der Waals surface area contributed by atoms with Crippen molar-refractivity contribution in [2.45, 2.75) is 32.9 Å². The summed E-state index contributed by atoms with van der Waals surface area (Å²) in [6.07, 6.45) is 0.101. The van der Waals surface area contributed by atoms with Gasteiger partial charge in [-0.1, -0.05) is 49.4 Å². The summed E-state index contributed by atoms with van der Waals surface area (Å²) in [6.45, 7) is 5.49. The molecule has 0 aromatic heterocycles. The van der Waals surface area contributed by atoms with Crippen molar-refractivity contribution in [3.8, 4) is 0 Å². The monoisotopic (exact) mass is 354 g/mol. The number of carbonyl (C=O) groups is 2. The lowest BCUT2D eigenvalue weighted by atomic mass is 9.98. The number of carbonyl (C=O) groups excluding carboxylic acids is 2. The molecule has 0 spiro atoms. The Kier molecular flexibility index (Phi) is 7.17. The summed E-state index contributed by atoms with van der Waals surface area (Å²) in [5, 5.41) is 8.86. The third-order valence-electron chi connectivity index (χ3n) is 4.13. The Hall–Kier alpha value is -2.86. The molecule has 0 aliphatic carbocycles. The van der Waals surface area contributed by atoms with Gasteiger partial charge in [0.1, 0.15) is 0 Å². The third-order valence-corrected chi connectivity index (χ3v) is 4.13. The predicted octanol–water partition coefficient (Wildman–Crippen LogP) is 2.84. The minimum Gasteiger partial charge on any atom is -0.352 e. The van der Waals surface area contributed by atoms with Crippen LogP contribution >= 0.6 is 0 Å². The standard InChI is InChI=1S/C20H26N4O2/c1-3-22-13-15-9-5-7-11-17(15)23-19(25)12-18(24-20(21)26)16-10-6-4-8-14(16)2/h4-11,18,22H,3,12-13H2,1-2H3,(H,23,25)(H3,21,24,26). The maximum absolute atomic E-state index is 12.6. The van der Waals surface area contributed by atoms with Crippen molar-refractivity contribution in [1.82, 2.24) is 10.6 Å². The third kappa shape index (κ3) is 5.60. The van der Waals surface area contributed by atoms with Crippen LogP contribution in [0.1, 0.15) is 36.1 Å². The van der Waals surface area contributed by atoms with Crippen LogP contribution in [0.4, 0.5) is 10.5 Å². The SMILES string of the molecule is CCNCc1ccccc1NC(=O)CC(NC(N)=O)c1ccccc1C. The molecule has 0 aliphatic rings. The molecule has 5 N–H and O–H groups in total. The second kappa shape index (κ2) is 9.58. The lowest BCUT2D eigenvalue weighted by Crippen LogP contribution is -2.35. The molecule has 0 saturated heterocycles. The smallest absolute Gasteiger partial charge is 0.312 e. The predicted molar refractivity (Wildman–Crippen MR) is 104 cm³/mol. The van der Waals surface area contributed by atoms with Crippen LogP contribution in [0.3, 0.4) is 0 Å². The highest BCUT2D eigenvalue weighted by Gasteiger charge is 2.19. The molecule has 0 bridgehead atoms. The van der Waals surface area contributed by atoms with Crippen molar-refractivity contribution in [1.29, 1.82) is 0 Å². The number of primary amides is 1. The van der Waals surface area contributed by atoms with Gasteiger partial charge in [-0.2, -0.15) is 0 Å². The van der Waals surface area contributed by atoms with Gasteiger partial charge in [0.05, 0.1) is 12.5 Å². The number of amides is 3. The van der Waals surface area contributed by atoms with Crippen LogP contribution < -0.4 is 21.7 Å². The van der Waals surface area contributed by atoms with Gasteiger partial charge in [-0.05, 0) is 36.2 Å². The van der Waals surface area contributed by atoms with Crippen molar-refractivity contribution < 1.29 is 9.59 Å². The molecule has 6 heteroatoms. The van der Waals surface area contributed by atoms with Crippen molar-refractivity contribution in [2.24, 2.45) is 5.73 Å². The zero-order valence-corrected chi connectivity index (χ0v) is 15.2. The fourth-order valence-corrected chi connectivity index (χ4v) is 2.83. The number of nitrogens with one attached hydrogen (secondary N) is 3. The molecule has 0 heterocycles. The molecule has 6 nitrogen and oxygen atoms in total. The molecular weight excluding hydrogens is 328 g/mol. The van der Waals surface area contributed by atoms with Gasteiger partial charge in [-0.25, -0.2) is 4.79 Å². The Morgan fingerprint density at radius 1 is 1.08 bits per heavy atom. The van der Waals surface area contributed by atoms with E-state index in [1.807, 2.05) is 62.4 Å². The molecule has 138 valence electrons. The summed E-state index contributed by atoms with van der Waals surface area (Å²) < 4.78 is 0.